The van der Waals surface area contributed by atoms with Crippen LogP contribution in [0.15, 0.2) is 60.7 Å². The van der Waals surface area contributed by atoms with E-state index in [9.17, 15) is 4.79 Å². The van der Waals surface area contributed by atoms with E-state index >= 15 is 0 Å². The fourth-order valence-corrected chi connectivity index (χ4v) is 2.99. The van der Waals surface area contributed by atoms with Crippen molar-refractivity contribution >= 4 is 45.8 Å². The molecule has 0 atom stereocenters. The minimum absolute atomic E-state index is 0.117. The average molecular weight is 427 g/mol. The highest BCUT2D eigenvalue weighted by Gasteiger charge is 2.09. The molecule has 1 heterocycles. The van der Waals surface area contributed by atoms with E-state index in [-0.39, 0.29) is 12.5 Å². The molecule has 0 fully saturated rings. The second kappa shape index (κ2) is 8.11. The smallest absolute Gasteiger partial charge is 0.262 e. The summed E-state index contributed by atoms with van der Waals surface area (Å²) in [6.07, 6.45) is 0. The molecular formula is C21H16Cl2N4O2. The fraction of sp³-hybridized carbons (Fsp3) is 0.0952. The van der Waals surface area contributed by atoms with E-state index in [0.29, 0.717) is 32.5 Å². The van der Waals surface area contributed by atoms with Crippen molar-refractivity contribution in [2.45, 2.75) is 6.92 Å². The number of aromatic nitrogens is 3. The molecular weight excluding hydrogens is 411 g/mol. The van der Waals surface area contributed by atoms with Gasteiger partial charge in [0.1, 0.15) is 16.8 Å². The number of ether oxygens (including phenoxy) is 1. The van der Waals surface area contributed by atoms with Gasteiger partial charge in [-0.3, -0.25) is 4.79 Å². The number of benzene rings is 3. The first-order chi connectivity index (χ1) is 14.0. The average Bonchev–Trinajstić information content (AvgIpc) is 3.13. The number of carbonyl (C=O) groups excluding carboxylic acids is 1. The Hall–Kier alpha value is -3.09. The van der Waals surface area contributed by atoms with Gasteiger partial charge in [-0.05, 0) is 67.1 Å². The van der Waals surface area contributed by atoms with Crippen LogP contribution >= 0.6 is 23.2 Å². The van der Waals surface area contributed by atoms with Crippen LogP contribution in [0.3, 0.4) is 0 Å². The Morgan fingerprint density at radius 1 is 1.00 bits per heavy atom. The lowest BCUT2D eigenvalue weighted by Crippen LogP contribution is -2.20. The first-order valence-electron chi connectivity index (χ1n) is 8.80. The third-order valence-corrected chi connectivity index (χ3v) is 4.89. The van der Waals surface area contributed by atoms with Gasteiger partial charge < -0.3 is 10.1 Å². The van der Waals surface area contributed by atoms with Gasteiger partial charge in [0.05, 0.1) is 5.69 Å². The molecule has 1 N–H and O–H groups in total. The Bertz CT molecular complexity index is 1190. The Labute approximate surface area is 177 Å². The van der Waals surface area contributed by atoms with Gasteiger partial charge >= 0.3 is 0 Å². The van der Waals surface area contributed by atoms with E-state index in [0.717, 1.165) is 11.3 Å². The van der Waals surface area contributed by atoms with E-state index in [1.165, 1.54) is 4.80 Å². The molecule has 0 saturated heterocycles. The summed E-state index contributed by atoms with van der Waals surface area (Å²) in [6.45, 7) is 1.82. The van der Waals surface area contributed by atoms with Crippen molar-refractivity contribution < 1.29 is 9.53 Å². The Morgan fingerprint density at radius 2 is 1.76 bits per heavy atom. The fourth-order valence-electron chi connectivity index (χ4n) is 2.69. The van der Waals surface area contributed by atoms with Gasteiger partial charge in [0.2, 0.25) is 0 Å². The van der Waals surface area contributed by atoms with Crippen LogP contribution in [0.1, 0.15) is 5.56 Å². The third-order valence-electron chi connectivity index (χ3n) is 4.23. The molecule has 4 aromatic rings. The molecule has 146 valence electrons. The minimum Gasteiger partial charge on any atom is -0.484 e. The minimum atomic E-state index is -0.281. The maximum atomic E-state index is 12.2. The number of nitrogens with zero attached hydrogens (tertiary/aromatic N) is 3. The molecule has 6 nitrogen and oxygen atoms in total. The van der Waals surface area contributed by atoms with Gasteiger partial charge in [-0.1, -0.05) is 29.3 Å². The zero-order valence-corrected chi connectivity index (χ0v) is 16.9. The Morgan fingerprint density at radius 3 is 2.52 bits per heavy atom. The summed E-state index contributed by atoms with van der Waals surface area (Å²) in [7, 11) is 0. The van der Waals surface area contributed by atoms with Crippen molar-refractivity contribution in [3.63, 3.8) is 0 Å². The SMILES string of the molecule is Cc1ccc(-n2nc3ccc(NC(=O)COc4ccc(Cl)cc4)cc3n2)cc1Cl. The summed E-state index contributed by atoms with van der Waals surface area (Å²) in [5.74, 6) is 0.289. The molecule has 4 rings (SSSR count). The van der Waals surface area contributed by atoms with Crippen molar-refractivity contribution in [1.29, 1.82) is 0 Å². The zero-order valence-electron chi connectivity index (χ0n) is 15.4. The van der Waals surface area contributed by atoms with Gasteiger partial charge in [0.15, 0.2) is 6.61 Å². The second-order valence-electron chi connectivity index (χ2n) is 6.42. The quantitative estimate of drug-likeness (QED) is 0.484. The molecule has 1 aromatic heterocycles. The zero-order chi connectivity index (χ0) is 20.4. The van der Waals surface area contributed by atoms with Crippen molar-refractivity contribution in [2.24, 2.45) is 0 Å². The molecule has 0 aliphatic carbocycles. The molecule has 29 heavy (non-hydrogen) atoms. The van der Waals surface area contributed by atoms with Crippen LogP contribution in [-0.4, -0.2) is 27.5 Å². The summed E-state index contributed by atoms with van der Waals surface area (Å²) >= 11 is 12.0. The monoisotopic (exact) mass is 426 g/mol. The summed E-state index contributed by atoms with van der Waals surface area (Å²) in [6, 6.07) is 17.8. The van der Waals surface area contributed by atoms with Crippen LogP contribution in [-0.2, 0) is 4.79 Å². The van der Waals surface area contributed by atoms with E-state index < -0.39 is 0 Å². The molecule has 0 saturated carbocycles. The molecule has 8 heteroatoms. The number of aryl methyl sites for hydroxylation is 1. The van der Waals surface area contributed by atoms with Crippen LogP contribution in [0.4, 0.5) is 5.69 Å². The first kappa shape index (κ1) is 19.2. The number of halogens is 2. The summed E-state index contributed by atoms with van der Waals surface area (Å²) < 4.78 is 5.45. The number of fused-ring (bicyclic) bond motifs is 1. The molecule has 1 amide bonds. The molecule has 3 aromatic carbocycles. The number of rotatable bonds is 5. The maximum Gasteiger partial charge on any atom is 0.262 e. The number of hydrogen-bond donors (Lipinski definition) is 1. The number of carbonyl (C=O) groups is 1. The molecule has 0 radical (unpaired) electrons. The maximum absolute atomic E-state index is 12.2. The summed E-state index contributed by atoms with van der Waals surface area (Å²) in [5.41, 5.74) is 3.71. The van der Waals surface area contributed by atoms with Gasteiger partial charge in [-0.25, -0.2) is 0 Å². The molecule has 0 spiro atoms. The van der Waals surface area contributed by atoms with Crippen LogP contribution in [0.25, 0.3) is 16.7 Å². The van der Waals surface area contributed by atoms with Crippen LogP contribution in [0.2, 0.25) is 10.0 Å². The highest BCUT2D eigenvalue weighted by molar-refractivity contribution is 6.31. The summed E-state index contributed by atoms with van der Waals surface area (Å²) in [4.78, 5) is 13.7. The van der Waals surface area contributed by atoms with Crippen molar-refractivity contribution in [3.8, 4) is 11.4 Å². The third kappa shape index (κ3) is 4.50. The number of amides is 1. The van der Waals surface area contributed by atoms with Crippen molar-refractivity contribution in [2.75, 3.05) is 11.9 Å². The molecule has 0 bridgehead atoms. The lowest BCUT2D eigenvalue weighted by molar-refractivity contribution is -0.118. The van der Waals surface area contributed by atoms with Gasteiger partial charge in [0.25, 0.3) is 5.91 Å². The predicted molar refractivity (Wildman–Crippen MR) is 114 cm³/mol. The Kier molecular flexibility index (Phi) is 5.38. The van der Waals surface area contributed by atoms with E-state index in [1.807, 2.05) is 25.1 Å². The van der Waals surface area contributed by atoms with Crippen LogP contribution in [0, 0.1) is 6.92 Å². The summed E-state index contributed by atoms with van der Waals surface area (Å²) in [5, 5.41) is 13.0. The molecule has 0 aliphatic rings. The van der Waals surface area contributed by atoms with Gasteiger partial charge in [-0.15, -0.1) is 10.2 Å². The highest BCUT2D eigenvalue weighted by atomic mass is 35.5. The topological polar surface area (TPSA) is 69.0 Å². The number of nitrogens with one attached hydrogen (secondary N) is 1. The second-order valence-corrected chi connectivity index (χ2v) is 7.26. The first-order valence-corrected chi connectivity index (χ1v) is 9.55. The Balaban J connectivity index is 1.46. The van der Waals surface area contributed by atoms with E-state index in [1.54, 1.807) is 42.5 Å². The molecule has 0 unspecified atom stereocenters. The van der Waals surface area contributed by atoms with Crippen LogP contribution < -0.4 is 10.1 Å². The van der Waals surface area contributed by atoms with E-state index in [4.69, 9.17) is 27.9 Å². The normalized spacial score (nSPS) is 10.9. The number of hydrogen-bond acceptors (Lipinski definition) is 4. The van der Waals surface area contributed by atoms with Gasteiger partial charge in [-0.2, -0.15) is 4.80 Å². The lowest BCUT2D eigenvalue weighted by atomic mass is 10.2. The highest BCUT2D eigenvalue weighted by Crippen LogP contribution is 2.21. The van der Waals surface area contributed by atoms with Crippen molar-refractivity contribution in [1.82, 2.24) is 15.0 Å². The number of anilines is 1. The van der Waals surface area contributed by atoms with Crippen LogP contribution in [0.5, 0.6) is 5.75 Å². The van der Waals surface area contributed by atoms with Gasteiger partial charge in [0, 0.05) is 15.7 Å². The largest absolute Gasteiger partial charge is 0.484 e. The molecule has 0 aliphatic heterocycles. The van der Waals surface area contributed by atoms with E-state index in [2.05, 4.69) is 15.5 Å². The standard InChI is InChI=1S/C21H16Cl2N4O2/c1-13-2-6-16(11-18(13)23)27-25-19-9-5-15(10-20(19)26-27)24-21(28)12-29-17-7-3-14(22)4-8-17/h2-11H,12H2,1H3,(H,24,28). The lowest BCUT2D eigenvalue weighted by Gasteiger charge is -2.07. The van der Waals surface area contributed by atoms with Crippen molar-refractivity contribution in [3.05, 3.63) is 76.3 Å². The predicted octanol–water partition coefficient (Wildman–Crippen LogP) is 5.05.